The molecular weight excluding hydrogens is 286 g/mol. The first-order valence-electron chi connectivity index (χ1n) is 8.19. The fourth-order valence-corrected chi connectivity index (χ4v) is 3.18. The Labute approximate surface area is 137 Å². The van der Waals surface area contributed by atoms with Crippen LogP contribution in [-0.4, -0.2) is 28.9 Å². The van der Waals surface area contributed by atoms with Gasteiger partial charge in [-0.25, -0.2) is 0 Å². The Kier molecular flexibility index (Phi) is 4.89. The lowest BCUT2D eigenvalue weighted by molar-refractivity contribution is 0.0903. The van der Waals surface area contributed by atoms with Crippen molar-refractivity contribution in [3.05, 3.63) is 70.3 Å². The molecule has 0 saturated carbocycles. The third-order valence-corrected chi connectivity index (χ3v) is 4.51. The van der Waals surface area contributed by atoms with Crippen LogP contribution in [0, 0.1) is 6.92 Å². The molecule has 0 bridgehead atoms. The number of aryl methyl sites for hydroxylation is 2. The van der Waals surface area contributed by atoms with Gasteiger partial charge in [0, 0.05) is 18.7 Å². The number of carbonyl (C=O) groups excluding carboxylic acids is 1. The number of carbonyl (C=O) groups is 1. The first kappa shape index (κ1) is 15.9. The molecule has 0 saturated heterocycles. The van der Waals surface area contributed by atoms with Crippen molar-refractivity contribution in [2.24, 2.45) is 0 Å². The van der Waals surface area contributed by atoms with E-state index in [-0.39, 0.29) is 5.78 Å². The number of aliphatic hydroxyl groups excluding tert-OH is 1. The van der Waals surface area contributed by atoms with Crippen molar-refractivity contribution in [1.29, 1.82) is 0 Å². The molecular formula is C20H23NO2. The maximum absolute atomic E-state index is 11.7. The monoisotopic (exact) mass is 309 g/mol. The predicted molar refractivity (Wildman–Crippen MR) is 91.5 cm³/mol. The van der Waals surface area contributed by atoms with Gasteiger partial charge < -0.3 is 5.11 Å². The van der Waals surface area contributed by atoms with Gasteiger partial charge in [-0.15, -0.1) is 0 Å². The standard InChI is InChI=1S/C20H23NO2/c1-15-4-6-16(7-5-15)12-21-10-2-3-17-8-9-18(20(23)14-22)11-19(17)13-21/h4-9,11,22H,2-3,10,12-14H2,1H3. The van der Waals surface area contributed by atoms with E-state index < -0.39 is 6.61 Å². The van der Waals surface area contributed by atoms with E-state index in [4.69, 9.17) is 5.11 Å². The first-order chi connectivity index (χ1) is 11.2. The van der Waals surface area contributed by atoms with Crippen molar-refractivity contribution in [3.63, 3.8) is 0 Å². The Morgan fingerprint density at radius 3 is 2.65 bits per heavy atom. The minimum Gasteiger partial charge on any atom is -0.388 e. The summed E-state index contributed by atoms with van der Waals surface area (Å²) in [4.78, 5) is 14.2. The van der Waals surface area contributed by atoms with Gasteiger partial charge in [0.2, 0.25) is 0 Å². The normalized spacial score (nSPS) is 15.0. The SMILES string of the molecule is Cc1ccc(CN2CCCc3ccc(C(=O)CO)cc3C2)cc1. The molecule has 3 nitrogen and oxygen atoms in total. The smallest absolute Gasteiger partial charge is 0.188 e. The van der Waals surface area contributed by atoms with E-state index in [1.165, 1.54) is 22.3 Å². The van der Waals surface area contributed by atoms with Crippen LogP contribution in [0.3, 0.4) is 0 Å². The summed E-state index contributed by atoms with van der Waals surface area (Å²) >= 11 is 0. The van der Waals surface area contributed by atoms with Crippen LogP contribution in [0.2, 0.25) is 0 Å². The Bertz CT molecular complexity index is 691. The van der Waals surface area contributed by atoms with Crippen LogP contribution in [0.15, 0.2) is 42.5 Å². The van der Waals surface area contributed by atoms with Crippen LogP contribution in [0.4, 0.5) is 0 Å². The van der Waals surface area contributed by atoms with E-state index in [9.17, 15) is 4.79 Å². The number of fused-ring (bicyclic) bond motifs is 1. The van der Waals surface area contributed by atoms with Crippen LogP contribution >= 0.6 is 0 Å². The zero-order valence-corrected chi connectivity index (χ0v) is 13.6. The van der Waals surface area contributed by atoms with Crippen LogP contribution in [0.1, 0.15) is 39.0 Å². The largest absolute Gasteiger partial charge is 0.388 e. The fraction of sp³-hybridized carbons (Fsp3) is 0.350. The second-order valence-corrected chi connectivity index (χ2v) is 6.36. The van der Waals surface area contributed by atoms with Crippen LogP contribution in [-0.2, 0) is 19.5 Å². The number of Topliss-reactive ketones (excluding diaryl/α,β-unsaturated/α-hetero) is 1. The molecule has 3 heteroatoms. The molecule has 1 aliphatic rings. The highest BCUT2D eigenvalue weighted by molar-refractivity contribution is 5.97. The average Bonchev–Trinajstić information content (AvgIpc) is 2.77. The molecule has 0 fully saturated rings. The quantitative estimate of drug-likeness (QED) is 0.882. The second-order valence-electron chi connectivity index (χ2n) is 6.36. The molecule has 120 valence electrons. The Hall–Kier alpha value is -1.97. The molecule has 1 N–H and O–H groups in total. The van der Waals surface area contributed by atoms with Crippen LogP contribution < -0.4 is 0 Å². The number of ketones is 1. The number of aliphatic hydroxyl groups is 1. The van der Waals surface area contributed by atoms with Crippen molar-refractivity contribution in [2.75, 3.05) is 13.2 Å². The molecule has 2 aromatic carbocycles. The average molecular weight is 309 g/mol. The van der Waals surface area contributed by atoms with Gasteiger partial charge >= 0.3 is 0 Å². The minimum absolute atomic E-state index is 0.206. The van der Waals surface area contributed by atoms with E-state index >= 15 is 0 Å². The molecule has 2 aromatic rings. The third-order valence-electron chi connectivity index (χ3n) is 4.51. The minimum atomic E-state index is -0.425. The Morgan fingerprint density at radius 1 is 1.13 bits per heavy atom. The fourth-order valence-electron chi connectivity index (χ4n) is 3.18. The maximum atomic E-state index is 11.7. The zero-order chi connectivity index (χ0) is 16.2. The number of benzene rings is 2. The van der Waals surface area contributed by atoms with E-state index in [0.717, 1.165) is 32.5 Å². The summed E-state index contributed by atoms with van der Waals surface area (Å²) < 4.78 is 0. The van der Waals surface area contributed by atoms with Crippen molar-refractivity contribution in [3.8, 4) is 0 Å². The summed E-state index contributed by atoms with van der Waals surface area (Å²) in [6.07, 6.45) is 2.18. The summed E-state index contributed by atoms with van der Waals surface area (Å²) in [5.74, 6) is -0.206. The molecule has 1 heterocycles. The molecule has 0 atom stereocenters. The third kappa shape index (κ3) is 3.87. The lowest BCUT2D eigenvalue weighted by Crippen LogP contribution is -2.22. The highest BCUT2D eigenvalue weighted by atomic mass is 16.3. The summed E-state index contributed by atoms with van der Waals surface area (Å²) in [7, 11) is 0. The number of hydrogen-bond acceptors (Lipinski definition) is 3. The van der Waals surface area contributed by atoms with Gasteiger partial charge in [0.25, 0.3) is 0 Å². The van der Waals surface area contributed by atoms with E-state index in [1.54, 1.807) is 0 Å². The Morgan fingerprint density at radius 2 is 1.91 bits per heavy atom. The van der Waals surface area contributed by atoms with Crippen molar-refractivity contribution < 1.29 is 9.90 Å². The summed E-state index contributed by atoms with van der Waals surface area (Å²) in [6.45, 7) is 4.52. The number of nitrogens with zero attached hydrogens (tertiary/aromatic N) is 1. The summed E-state index contributed by atoms with van der Waals surface area (Å²) in [6, 6.07) is 14.5. The lowest BCUT2D eigenvalue weighted by atomic mass is 9.99. The predicted octanol–water partition coefficient (Wildman–Crippen LogP) is 3.12. The van der Waals surface area contributed by atoms with Crippen molar-refractivity contribution >= 4 is 5.78 Å². The van der Waals surface area contributed by atoms with Gasteiger partial charge in [0.1, 0.15) is 6.61 Å². The van der Waals surface area contributed by atoms with Crippen molar-refractivity contribution in [2.45, 2.75) is 32.9 Å². The molecule has 23 heavy (non-hydrogen) atoms. The molecule has 0 unspecified atom stereocenters. The molecule has 0 spiro atoms. The molecule has 3 rings (SSSR count). The molecule has 0 aliphatic carbocycles. The van der Waals surface area contributed by atoms with Gasteiger partial charge in [0.15, 0.2) is 5.78 Å². The van der Waals surface area contributed by atoms with Gasteiger partial charge in [-0.1, -0.05) is 42.0 Å². The van der Waals surface area contributed by atoms with Gasteiger partial charge in [-0.2, -0.15) is 0 Å². The number of hydrogen-bond donors (Lipinski definition) is 1. The van der Waals surface area contributed by atoms with E-state index in [1.807, 2.05) is 18.2 Å². The highest BCUT2D eigenvalue weighted by Gasteiger charge is 2.16. The molecule has 1 aliphatic heterocycles. The summed E-state index contributed by atoms with van der Waals surface area (Å²) in [5, 5.41) is 9.06. The Balaban J connectivity index is 1.78. The number of rotatable bonds is 4. The highest BCUT2D eigenvalue weighted by Crippen LogP contribution is 2.22. The topological polar surface area (TPSA) is 40.5 Å². The molecule has 0 radical (unpaired) electrons. The van der Waals surface area contributed by atoms with E-state index in [2.05, 4.69) is 36.1 Å². The van der Waals surface area contributed by atoms with Crippen molar-refractivity contribution in [1.82, 2.24) is 4.90 Å². The first-order valence-corrected chi connectivity index (χ1v) is 8.19. The molecule has 0 amide bonds. The maximum Gasteiger partial charge on any atom is 0.188 e. The summed E-state index contributed by atoms with van der Waals surface area (Å²) in [5.41, 5.74) is 5.76. The second kappa shape index (κ2) is 7.07. The van der Waals surface area contributed by atoms with E-state index in [0.29, 0.717) is 5.56 Å². The van der Waals surface area contributed by atoms with Gasteiger partial charge in [-0.3, -0.25) is 9.69 Å². The zero-order valence-electron chi connectivity index (χ0n) is 13.6. The van der Waals surface area contributed by atoms with Crippen LogP contribution in [0.25, 0.3) is 0 Å². The van der Waals surface area contributed by atoms with Crippen LogP contribution in [0.5, 0.6) is 0 Å². The lowest BCUT2D eigenvalue weighted by Gasteiger charge is -2.21. The van der Waals surface area contributed by atoms with Gasteiger partial charge in [0.05, 0.1) is 0 Å². The van der Waals surface area contributed by atoms with Gasteiger partial charge in [-0.05, 0) is 49.1 Å². The molecule has 0 aromatic heterocycles.